The number of hydrogen-bond acceptors (Lipinski definition) is 8. The topological polar surface area (TPSA) is 131 Å². The number of aromatic nitrogens is 2. The lowest BCUT2D eigenvalue weighted by atomic mass is 10.2. The number of benzene rings is 2. The monoisotopic (exact) mass is 470 g/mol. The number of nitrogens with zero attached hydrogens (tertiary/aromatic N) is 2. The van der Waals surface area contributed by atoms with Crippen LogP contribution in [0.2, 0.25) is 0 Å². The van der Waals surface area contributed by atoms with Crippen molar-refractivity contribution in [1.82, 2.24) is 15.4 Å². The number of halogens is 1. The summed E-state index contributed by atoms with van der Waals surface area (Å²) in [5, 5.41) is 3.03. The Labute approximate surface area is 181 Å². The fourth-order valence-corrected chi connectivity index (χ4v) is 2.96. The molecule has 9 nitrogen and oxygen atoms in total. The van der Waals surface area contributed by atoms with Crippen LogP contribution in [0.5, 0.6) is 0 Å². The number of carbonyl (C=O) groups excluding carboxylic acids is 2. The molecule has 10 heteroatoms. The van der Waals surface area contributed by atoms with Crippen LogP contribution in [0.25, 0.3) is 0 Å². The molecule has 0 radical (unpaired) electrons. The number of esters is 1. The average Bonchev–Trinajstić information content (AvgIpc) is 2.75. The molecule has 1 amide bonds. The summed E-state index contributed by atoms with van der Waals surface area (Å²) in [5.74, 6) is -0.260. The van der Waals surface area contributed by atoms with Crippen LogP contribution in [0.4, 0.5) is 23.0 Å². The molecular weight excluding hydrogens is 452 g/mol. The van der Waals surface area contributed by atoms with Gasteiger partial charge in [-0.25, -0.2) is 14.8 Å². The quantitative estimate of drug-likeness (QED) is 0.304. The fourth-order valence-electron chi connectivity index (χ4n) is 2.50. The number of nitrogens with one attached hydrogen (secondary N) is 3. The lowest BCUT2D eigenvalue weighted by molar-refractivity contribution is 0.0526. The van der Waals surface area contributed by atoms with Gasteiger partial charge in [-0.3, -0.25) is 15.6 Å². The van der Waals surface area contributed by atoms with Gasteiger partial charge in [0, 0.05) is 10.2 Å². The minimum absolute atomic E-state index is 0.187. The van der Waals surface area contributed by atoms with E-state index in [1.54, 1.807) is 49.4 Å². The zero-order chi connectivity index (χ0) is 21.5. The number of hydrogen-bond donors (Lipinski definition) is 4. The van der Waals surface area contributed by atoms with Gasteiger partial charge >= 0.3 is 5.97 Å². The Bertz CT molecular complexity index is 1080. The Morgan fingerprint density at radius 2 is 1.87 bits per heavy atom. The molecule has 0 fully saturated rings. The zero-order valence-corrected chi connectivity index (χ0v) is 17.6. The Hall–Kier alpha value is -3.66. The van der Waals surface area contributed by atoms with Crippen LogP contribution in [-0.2, 0) is 4.74 Å². The number of ether oxygens (including phenoxy) is 1. The van der Waals surface area contributed by atoms with E-state index in [0.29, 0.717) is 27.1 Å². The average molecular weight is 471 g/mol. The maximum Gasteiger partial charge on any atom is 0.338 e. The van der Waals surface area contributed by atoms with Crippen LogP contribution in [0.15, 0.2) is 59.3 Å². The molecule has 0 spiro atoms. The first kappa shape index (κ1) is 21.1. The summed E-state index contributed by atoms with van der Waals surface area (Å²) in [4.78, 5) is 32.4. The van der Waals surface area contributed by atoms with Crippen LogP contribution >= 0.6 is 15.9 Å². The van der Waals surface area contributed by atoms with Crippen molar-refractivity contribution in [2.75, 3.05) is 23.1 Å². The van der Waals surface area contributed by atoms with Gasteiger partial charge in [0.15, 0.2) is 11.6 Å². The minimum atomic E-state index is -0.422. The summed E-state index contributed by atoms with van der Waals surface area (Å²) in [6.45, 7) is 2.03. The SMILES string of the molecule is CCOC(=O)c1cccc(Nc2ncnc(NNC(=O)c3ccccc3Br)c2N)c1. The third-order valence-corrected chi connectivity index (χ3v) is 4.62. The summed E-state index contributed by atoms with van der Waals surface area (Å²) in [6, 6.07) is 13.7. The maximum absolute atomic E-state index is 12.3. The highest BCUT2D eigenvalue weighted by Gasteiger charge is 2.13. The first-order valence-corrected chi connectivity index (χ1v) is 9.74. The van der Waals surface area contributed by atoms with Gasteiger partial charge in [-0.15, -0.1) is 0 Å². The first-order valence-electron chi connectivity index (χ1n) is 8.95. The number of anilines is 4. The second kappa shape index (κ2) is 9.70. The minimum Gasteiger partial charge on any atom is -0.462 e. The van der Waals surface area contributed by atoms with Gasteiger partial charge in [0.1, 0.15) is 12.0 Å². The normalized spacial score (nSPS) is 10.2. The predicted octanol–water partition coefficient (Wildman–Crippen LogP) is 3.50. The van der Waals surface area contributed by atoms with E-state index < -0.39 is 5.97 Å². The lowest BCUT2D eigenvalue weighted by Gasteiger charge is -2.14. The number of nitrogen functional groups attached to an aromatic ring is 1. The summed E-state index contributed by atoms with van der Waals surface area (Å²) in [6.07, 6.45) is 1.29. The van der Waals surface area contributed by atoms with Crippen molar-refractivity contribution >= 4 is 50.8 Å². The molecule has 0 saturated carbocycles. The van der Waals surface area contributed by atoms with E-state index in [0.717, 1.165) is 0 Å². The zero-order valence-electron chi connectivity index (χ0n) is 16.0. The molecule has 2 aromatic carbocycles. The molecule has 1 heterocycles. The lowest BCUT2D eigenvalue weighted by Crippen LogP contribution is -2.30. The van der Waals surface area contributed by atoms with Crippen LogP contribution in [0, 0.1) is 0 Å². The third kappa shape index (κ3) is 5.03. The number of nitrogens with two attached hydrogens (primary N) is 1. The molecule has 30 heavy (non-hydrogen) atoms. The largest absolute Gasteiger partial charge is 0.462 e. The smallest absolute Gasteiger partial charge is 0.338 e. The second-order valence-corrected chi connectivity index (χ2v) is 6.82. The number of rotatable bonds is 7. The van der Waals surface area contributed by atoms with Gasteiger partial charge < -0.3 is 15.8 Å². The van der Waals surface area contributed by atoms with Gasteiger partial charge in [0.2, 0.25) is 0 Å². The molecule has 0 atom stereocenters. The second-order valence-electron chi connectivity index (χ2n) is 5.97. The van der Waals surface area contributed by atoms with Crippen molar-refractivity contribution in [3.05, 3.63) is 70.5 Å². The van der Waals surface area contributed by atoms with Gasteiger partial charge in [0.05, 0.1) is 17.7 Å². The van der Waals surface area contributed by atoms with E-state index in [2.05, 4.69) is 42.1 Å². The van der Waals surface area contributed by atoms with Gasteiger partial charge in [0.25, 0.3) is 5.91 Å². The van der Waals surface area contributed by atoms with Crippen LogP contribution < -0.4 is 21.9 Å². The van der Waals surface area contributed by atoms with Crippen molar-refractivity contribution in [2.45, 2.75) is 6.92 Å². The van der Waals surface area contributed by atoms with Gasteiger partial charge in [-0.05, 0) is 53.2 Å². The predicted molar refractivity (Wildman–Crippen MR) is 117 cm³/mol. The van der Waals surface area contributed by atoms with Gasteiger partial charge in [-0.2, -0.15) is 0 Å². The highest BCUT2D eigenvalue weighted by Crippen LogP contribution is 2.26. The Balaban J connectivity index is 1.72. The van der Waals surface area contributed by atoms with E-state index in [1.807, 2.05) is 6.07 Å². The summed E-state index contributed by atoms with van der Waals surface area (Å²) in [7, 11) is 0. The van der Waals surface area contributed by atoms with E-state index in [-0.39, 0.29) is 24.0 Å². The maximum atomic E-state index is 12.3. The van der Waals surface area contributed by atoms with E-state index in [1.165, 1.54) is 6.33 Å². The Morgan fingerprint density at radius 3 is 2.63 bits per heavy atom. The molecule has 0 aliphatic carbocycles. The van der Waals surface area contributed by atoms with Gasteiger partial charge in [-0.1, -0.05) is 18.2 Å². The molecule has 0 unspecified atom stereocenters. The molecule has 0 saturated heterocycles. The molecule has 154 valence electrons. The molecule has 0 aliphatic rings. The van der Waals surface area contributed by atoms with Crippen LogP contribution in [0.3, 0.4) is 0 Å². The number of hydrazine groups is 1. The van der Waals surface area contributed by atoms with Crippen molar-refractivity contribution in [3.8, 4) is 0 Å². The molecule has 5 N–H and O–H groups in total. The summed E-state index contributed by atoms with van der Waals surface area (Å²) in [5.41, 5.74) is 13.0. The standard InChI is InChI=1S/C20H19BrN6O3/c1-2-30-20(29)12-6-5-7-13(10-12)25-17-16(22)18(24-11-23-17)26-27-19(28)14-8-3-4-9-15(14)21/h3-11H,2,22H2,1H3,(H,27,28)(H2,23,24,25,26). The molecular formula is C20H19BrN6O3. The first-order chi connectivity index (χ1) is 14.5. The van der Waals surface area contributed by atoms with Crippen molar-refractivity contribution in [3.63, 3.8) is 0 Å². The van der Waals surface area contributed by atoms with Crippen LogP contribution in [-0.4, -0.2) is 28.5 Å². The van der Waals surface area contributed by atoms with E-state index in [9.17, 15) is 9.59 Å². The number of carbonyl (C=O) groups is 2. The van der Waals surface area contributed by atoms with Crippen molar-refractivity contribution < 1.29 is 14.3 Å². The van der Waals surface area contributed by atoms with Crippen molar-refractivity contribution in [2.24, 2.45) is 0 Å². The molecule has 0 bridgehead atoms. The van der Waals surface area contributed by atoms with E-state index in [4.69, 9.17) is 10.5 Å². The Kier molecular flexibility index (Phi) is 6.81. The molecule has 0 aliphatic heterocycles. The highest BCUT2D eigenvalue weighted by molar-refractivity contribution is 9.10. The van der Waals surface area contributed by atoms with E-state index >= 15 is 0 Å². The summed E-state index contributed by atoms with van der Waals surface area (Å²) < 4.78 is 5.66. The molecule has 3 aromatic rings. The highest BCUT2D eigenvalue weighted by atomic mass is 79.9. The fraction of sp³-hybridized carbons (Fsp3) is 0.100. The third-order valence-electron chi connectivity index (χ3n) is 3.93. The molecule has 1 aromatic heterocycles. The summed E-state index contributed by atoms with van der Waals surface area (Å²) >= 11 is 3.33. The number of amides is 1. The van der Waals surface area contributed by atoms with Crippen molar-refractivity contribution in [1.29, 1.82) is 0 Å². The van der Waals surface area contributed by atoms with Crippen LogP contribution in [0.1, 0.15) is 27.6 Å². The Morgan fingerprint density at radius 1 is 1.10 bits per heavy atom. The molecule has 3 rings (SSSR count).